The number of carbonyl (C=O) groups is 3. The minimum absolute atomic E-state index is 0.106. The van der Waals surface area contributed by atoms with Crippen molar-refractivity contribution in [2.45, 2.75) is 360 Å². The lowest BCUT2D eigenvalue weighted by molar-refractivity contribution is -0.161. The highest BCUT2D eigenvalue weighted by Gasteiger charge is 2.29. The fourth-order valence-corrected chi connectivity index (χ4v) is 12.3. The molecule has 4 N–H and O–H groups in total. The van der Waals surface area contributed by atoms with Crippen LogP contribution >= 0.6 is 15.6 Å². The van der Waals surface area contributed by atoms with E-state index in [2.05, 4.69) is 118 Å². The van der Waals surface area contributed by atoms with Gasteiger partial charge < -0.3 is 34.2 Å². The Morgan fingerprint density at radius 3 is 0.818 bits per heavy atom. The van der Waals surface area contributed by atoms with Crippen LogP contribution in [0.2, 0.25) is 0 Å². The van der Waals surface area contributed by atoms with Crippen LogP contribution < -0.4 is 0 Å². The SMILES string of the molecule is CCCCC/C=C\C/C=C\C/C=C\C/C=C\CCCCCCCCCCCC(=O)OCC(O)COP(=O)(O)OCC(O)COP(=O)(O)OCC(COC(=O)CCCCCCCCCCC/C=C\C/C=C\C/C=C\C/C=C\CCCCC)OC(=O)CCCCCCCCCCCCCCC. The molecule has 0 aliphatic heterocycles. The maximum atomic E-state index is 13.0. The monoisotopic (exact) mass is 1430 g/mol. The third-order valence-corrected chi connectivity index (χ3v) is 18.7. The Kier molecular flexibility index (Phi) is 71.6. The van der Waals surface area contributed by atoms with Crippen molar-refractivity contribution < 1.29 is 75.8 Å². The Hall–Kier alpha value is -3.53. The van der Waals surface area contributed by atoms with Crippen LogP contribution in [0.25, 0.3) is 0 Å². The summed E-state index contributed by atoms with van der Waals surface area (Å²) < 4.78 is 61.1. The first-order chi connectivity index (χ1) is 48.2. The molecule has 5 unspecified atom stereocenters. The molecule has 0 radical (unpaired) electrons. The predicted octanol–water partition coefficient (Wildman–Crippen LogP) is 23.0. The van der Waals surface area contributed by atoms with Gasteiger partial charge in [-0.15, -0.1) is 0 Å². The number of unbranched alkanes of at least 4 members (excludes halogenated alkanes) is 36. The Labute approximate surface area is 603 Å². The molecule has 16 nitrogen and oxygen atoms in total. The summed E-state index contributed by atoms with van der Waals surface area (Å²) in [6.45, 7) is 2.65. The van der Waals surface area contributed by atoms with Gasteiger partial charge in [-0.2, -0.15) is 0 Å². The minimum Gasteiger partial charge on any atom is -0.463 e. The van der Waals surface area contributed by atoms with Crippen LogP contribution in [0.15, 0.2) is 97.2 Å². The molecule has 0 aliphatic carbocycles. The highest BCUT2D eigenvalue weighted by Crippen LogP contribution is 2.45. The summed E-state index contributed by atoms with van der Waals surface area (Å²) in [5.74, 6) is -1.57. The molecular weight excluding hydrogens is 1290 g/mol. The second kappa shape index (κ2) is 74.2. The molecule has 5 atom stereocenters. The van der Waals surface area contributed by atoms with Gasteiger partial charge in [-0.3, -0.25) is 32.5 Å². The standard InChI is InChI=1S/C81H144O16P2/c1-4-7-10-13-16-19-22-25-27-29-31-33-35-37-39-41-43-45-47-50-52-55-58-61-64-67-79(84)91-70-76(82)71-93-98(87,88)94-72-77(83)73-95-99(89,90)96-75-78(97-81(86)69-66-63-60-57-54-49-24-21-18-15-12-9-6-3)74-92-80(85)68-65-62-59-56-53-51-48-46-44-42-40-38-36-34-32-30-28-26-23-20-17-14-11-8-5-2/h16-17,19-20,25-28,31-34,37-40,76-78,82-83H,4-15,18,21-24,29-30,35-36,41-75H2,1-3H3,(H,87,88)(H,89,90)/b19-16-,20-17-,27-25-,28-26-,33-31-,34-32-,39-37-,40-38-. The molecule has 574 valence electrons. The summed E-state index contributed by atoms with van der Waals surface area (Å²) >= 11 is 0. The smallest absolute Gasteiger partial charge is 0.463 e. The van der Waals surface area contributed by atoms with E-state index in [1.165, 1.54) is 154 Å². The first-order valence-electron chi connectivity index (χ1n) is 39.5. The fourth-order valence-electron chi connectivity index (χ4n) is 10.7. The van der Waals surface area contributed by atoms with E-state index in [0.717, 1.165) is 128 Å². The Bertz CT molecular complexity index is 2190. The Morgan fingerprint density at radius 1 is 0.283 bits per heavy atom. The molecule has 0 aromatic carbocycles. The van der Waals surface area contributed by atoms with Gasteiger partial charge in [0.15, 0.2) is 6.10 Å². The summed E-state index contributed by atoms with van der Waals surface area (Å²) in [5, 5.41) is 20.6. The van der Waals surface area contributed by atoms with E-state index in [1.807, 2.05) is 0 Å². The zero-order valence-corrected chi connectivity index (χ0v) is 64.4. The zero-order chi connectivity index (χ0) is 72.3. The van der Waals surface area contributed by atoms with E-state index in [0.29, 0.717) is 19.3 Å². The van der Waals surface area contributed by atoms with Crippen molar-refractivity contribution in [2.24, 2.45) is 0 Å². The molecule has 0 aliphatic rings. The largest absolute Gasteiger partial charge is 0.472 e. The van der Waals surface area contributed by atoms with E-state index in [9.17, 15) is 43.5 Å². The van der Waals surface area contributed by atoms with Gasteiger partial charge in [-0.25, -0.2) is 9.13 Å². The lowest BCUT2D eigenvalue weighted by atomic mass is 10.0. The summed E-state index contributed by atoms with van der Waals surface area (Å²) in [7, 11) is -9.78. The van der Waals surface area contributed by atoms with E-state index in [1.54, 1.807) is 0 Å². The molecule has 18 heteroatoms. The van der Waals surface area contributed by atoms with Crippen LogP contribution in [0.4, 0.5) is 0 Å². The number of rotatable bonds is 75. The first kappa shape index (κ1) is 95.5. The number of aliphatic hydroxyl groups excluding tert-OH is 2. The van der Waals surface area contributed by atoms with Crippen molar-refractivity contribution in [3.05, 3.63) is 97.2 Å². The average molecular weight is 1440 g/mol. The lowest BCUT2D eigenvalue weighted by Gasteiger charge is -2.21. The molecule has 0 spiro atoms. The number of allylic oxidation sites excluding steroid dienone is 16. The summed E-state index contributed by atoms with van der Waals surface area (Å²) in [4.78, 5) is 58.6. The van der Waals surface area contributed by atoms with E-state index < -0.39 is 91.5 Å². The Morgan fingerprint density at radius 2 is 0.505 bits per heavy atom. The van der Waals surface area contributed by atoms with Crippen molar-refractivity contribution in [2.75, 3.05) is 39.6 Å². The quantitative estimate of drug-likeness (QED) is 0.0146. The highest BCUT2D eigenvalue weighted by molar-refractivity contribution is 7.47. The molecule has 99 heavy (non-hydrogen) atoms. The predicted molar refractivity (Wildman–Crippen MR) is 408 cm³/mol. The maximum absolute atomic E-state index is 13.0. The number of esters is 3. The van der Waals surface area contributed by atoms with Crippen molar-refractivity contribution >= 4 is 33.6 Å². The number of hydrogen-bond acceptors (Lipinski definition) is 14. The molecule has 0 rings (SSSR count). The number of aliphatic hydroxyl groups is 2. The van der Waals surface area contributed by atoms with Gasteiger partial charge in [-0.05, 0) is 109 Å². The van der Waals surface area contributed by atoms with Crippen molar-refractivity contribution in [1.82, 2.24) is 0 Å². The molecule has 0 aromatic heterocycles. The van der Waals surface area contributed by atoms with E-state index >= 15 is 0 Å². The third kappa shape index (κ3) is 75.5. The van der Waals surface area contributed by atoms with Gasteiger partial charge in [-0.1, -0.05) is 311 Å². The Balaban J connectivity index is 4.55. The second-order valence-corrected chi connectivity index (χ2v) is 29.4. The topological polar surface area (TPSA) is 231 Å². The normalized spacial score (nSPS) is 14.5. The highest BCUT2D eigenvalue weighted by atomic mass is 31.2. The number of ether oxygens (including phenoxy) is 3. The summed E-state index contributed by atoms with van der Waals surface area (Å²) in [5.41, 5.74) is 0. The molecular formula is C81H144O16P2. The van der Waals surface area contributed by atoms with Crippen LogP contribution in [0, 0.1) is 0 Å². The van der Waals surface area contributed by atoms with Crippen molar-refractivity contribution in [1.29, 1.82) is 0 Å². The van der Waals surface area contributed by atoms with Crippen LogP contribution in [0.1, 0.15) is 342 Å². The molecule has 0 heterocycles. The second-order valence-electron chi connectivity index (χ2n) is 26.5. The van der Waals surface area contributed by atoms with Crippen LogP contribution in [0.5, 0.6) is 0 Å². The van der Waals surface area contributed by atoms with Crippen LogP contribution in [0.3, 0.4) is 0 Å². The van der Waals surface area contributed by atoms with E-state index in [4.69, 9.17) is 32.3 Å². The van der Waals surface area contributed by atoms with Gasteiger partial charge in [0.2, 0.25) is 0 Å². The van der Waals surface area contributed by atoms with Crippen LogP contribution in [-0.2, 0) is 55.8 Å². The summed E-state index contributed by atoms with van der Waals surface area (Å²) in [6, 6.07) is 0. The number of hydrogen-bond donors (Lipinski definition) is 4. The van der Waals surface area contributed by atoms with Crippen molar-refractivity contribution in [3.8, 4) is 0 Å². The molecule has 0 amide bonds. The third-order valence-electron chi connectivity index (χ3n) is 16.8. The summed E-state index contributed by atoms with van der Waals surface area (Å²) in [6.07, 6.45) is 84.5. The fraction of sp³-hybridized carbons (Fsp3) is 0.765. The maximum Gasteiger partial charge on any atom is 0.472 e. The van der Waals surface area contributed by atoms with Crippen LogP contribution in [-0.4, -0.2) is 95.9 Å². The van der Waals surface area contributed by atoms with Gasteiger partial charge in [0.25, 0.3) is 0 Å². The van der Waals surface area contributed by atoms with Gasteiger partial charge >= 0.3 is 33.6 Å². The number of phosphoric acid groups is 2. The molecule has 0 bridgehead atoms. The minimum atomic E-state index is -4.93. The van der Waals surface area contributed by atoms with Gasteiger partial charge in [0.1, 0.15) is 25.4 Å². The average Bonchev–Trinajstić information content (AvgIpc) is 1.37. The van der Waals surface area contributed by atoms with Gasteiger partial charge in [0, 0.05) is 19.3 Å². The molecule has 0 saturated heterocycles. The first-order valence-corrected chi connectivity index (χ1v) is 42.5. The molecule has 0 fully saturated rings. The lowest BCUT2D eigenvalue weighted by Crippen LogP contribution is -2.30. The number of phosphoric ester groups is 2. The number of carbonyl (C=O) groups excluding carboxylic acids is 3. The molecule has 0 saturated carbocycles. The van der Waals surface area contributed by atoms with Crippen molar-refractivity contribution in [3.63, 3.8) is 0 Å². The molecule has 0 aromatic rings. The van der Waals surface area contributed by atoms with Gasteiger partial charge in [0.05, 0.1) is 26.4 Å². The zero-order valence-electron chi connectivity index (χ0n) is 62.6. The van der Waals surface area contributed by atoms with E-state index in [-0.39, 0.29) is 19.3 Å².